The number of rotatable bonds is 1. The maximum absolute atomic E-state index is 12.2. The molecule has 0 aromatic heterocycles. The van der Waals surface area contributed by atoms with Gasteiger partial charge in [0.1, 0.15) is 11.8 Å². The fourth-order valence-corrected chi connectivity index (χ4v) is 1.48. The van der Waals surface area contributed by atoms with E-state index in [1.807, 2.05) is 0 Å². The molecule has 0 fully saturated rings. The molecular formula is C8H7F3INO. The summed E-state index contributed by atoms with van der Waals surface area (Å²) in [6.45, 7) is 0. The Morgan fingerprint density at radius 3 is 2.43 bits per heavy atom. The van der Waals surface area contributed by atoms with Crippen molar-refractivity contribution in [1.82, 2.24) is 0 Å². The molecule has 1 rings (SSSR count). The second-order valence-corrected chi connectivity index (χ2v) is 3.86. The summed E-state index contributed by atoms with van der Waals surface area (Å²) in [5, 5.41) is 9.34. The fraction of sp³-hybridized carbons (Fsp3) is 0.250. The molecule has 0 bridgehead atoms. The van der Waals surface area contributed by atoms with Gasteiger partial charge in [-0.25, -0.2) is 0 Å². The second kappa shape index (κ2) is 3.93. The van der Waals surface area contributed by atoms with E-state index in [0.29, 0.717) is 3.57 Å². The third-order valence-electron chi connectivity index (χ3n) is 1.71. The molecule has 0 unspecified atom stereocenters. The van der Waals surface area contributed by atoms with Gasteiger partial charge >= 0.3 is 6.18 Å². The number of alkyl halides is 3. The van der Waals surface area contributed by atoms with Gasteiger partial charge in [0.05, 0.1) is 3.57 Å². The van der Waals surface area contributed by atoms with Gasteiger partial charge < -0.3 is 10.8 Å². The van der Waals surface area contributed by atoms with Crippen molar-refractivity contribution in [2.24, 2.45) is 5.73 Å². The molecule has 0 aliphatic carbocycles. The lowest BCUT2D eigenvalue weighted by atomic mass is 10.1. The van der Waals surface area contributed by atoms with Crippen molar-refractivity contribution in [2.45, 2.75) is 12.2 Å². The van der Waals surface area contributed by atoms with Crippen LogP contribution in [0.25, 0.3) is 0 Å². The van der Waals surface area contributed by atoms with E-state index in [1.54, 1.807) is 22.6 Å². The van der Waals surface area contributed by atoms with Crippen molar-refractivity contribution in [3.8, 4) is 5.75 Å². The Balaban J connectivity index is 3.14. The first-order valence-corrected chi connectivity index (χ1v) is 4.71. The second-order valence-electron chi connectivity index (χ2n) is 2.70. The number of nitrogens with two attached hydrogens (primary N) is 1. The molecule has 0 radical (unpaired) electrons. The zero-order valence-electron chi connectivity index (χ0n) is 6.85. The van der Waals surface area contributed by atoms with Crippen molar-refractivity contribution in [3.63, 3.8) is 0 Å². The first-order valence-electron chi connectivity index (χ1n) is 3.63. The Hall–Kier alpha value is -0.500. The van der Waals surface area contributed by atoms with Gasteiger partial charge in [-0.3, -0.25) is 0 Å². The predicted molar refractivity (Wildman–Crippen MR) is 53.8 cm³/mol. The molecule has 0 saturated heterocycles. The fourth-order valence-electron chi connectivity index (χ4n) is 0.959. The number of hydrogen-bond acceptors (Lipinski definition) is 2. The average molecular weight is 317 g/mol. The van der Waals surface area contributed by atoms with Crippen LogP contribution < -0.4 is 5.73 Å². The van der Waals surface area contributed by atoms with Gasteiger partial charge in [-0.05, 0) is 28.7 Å². The Kier molecular flexibility index (Phi) is 3.25. The first kappa shape index (κ1) is 11.6. The van der Waals surface area contributed by atoms with Crippen molar-refractivity contribution >= 4 is 22.6 Å². The van der Waals surface area contributed by atoms with Gasteiger partial charge in [-0.15, -0.1) is 0 Å². The molecule has 2 nitrogen and oxygen atoms in total. The molecule has 0 saturated carbocycles. The topological polar surface area (TPSA) is 46.2 Å². The van der Waals surface area contributed by atoms with Crippen LogP contribution in [0.15, 0.2) is 18.2 Å². The van der Waals surface area contributed by atoms with Crippen molar-refractivity contribution < 1.29 is 18.3 Å². The molecule has 0 heterocycles. The average Bonchev–Trinajstić information content (AvgIpc) is 2.07. The third-order valence-corrected chi connectivity index (χ3v) is 2.58. The van der Waals surface area contributed by atoms with E-state index < -0.39 is 18.0 Å². The number of hydrogen-bond donors (Lipinski definition) is 2. The number of halogens is 4. The highest BCUT2D eigenvalue weighted by molar-refractivity contribution is 14.1. The number of aromatic hydroxyl groups is 1. The Labute approximate surface area is 92.1 Å². The zero-order chi connectivity index (χ0) is 10.9. The van der Waals surface area contributed by atoms with Crippen LogP contribution >= 0.6 is 22.6 Å². The molecule has 1 atom stereocenters. The molecule has 0 aliphatic heterocycles. The normalized spacial score (nSPS) is 14.1. The van der Waals surface area contributed by atoms with Gasteiger partial charge in [0.15, 0.2) is 0 Å². The van der Waals surface area contributed by atoms with Crippen LogP contribution in [-0.4, -0.2) is 11.3 Å². The predicted octanol–water partition coefficient (Wildman–Crippen LogP) is 2.56. The number of phenolic OH excluding ortho intramolecular Hbond substituents is 1. The van der Waals surface area contributed by atoms with Crippen LogP contribution in [0.1, 0.15) is 11.6 Å². The SMILES string of the molecule is N[C@@H](c1cccc(I)c1O)C(F)(F)F. The van der Waals surface area contributed by atoms with E-state index in [9.17, 15) is 18.3 Å². The zero-order valence-corrected chi connectivity index (χ0v) is 9.00. The number of phenols is 1. The van der Waals surface area contributed by atoms with E-state index in [-0.39, 0.29) is 5.56 Å². The first-order chi connectivity index (χ1) is 6.34. The maximum atomic E-state index is 12.2. The van der Waals surface area contributed by atoms with Gasteiger partial charge in [0.2, 0.25) is 0 Å². The summed E-state index contributed by atoms with van der Waals surface area (Å²) in [6.07, 6.45) is -4.54. The lowest BCUT2D eigenvalue weighted by molar-refractivity contribution is -0.149. The van der Waals surface area contributed by atoms with Crippen LogP contribution in [0, 0.1) is 3.57 Å². The quantitative estimate of drug-likeness (QED) is 0.782. The molecule has 6 heteroatoms. The Morgan fingerprint density at radius 1 is 1.36 bits per heavy atom. The number of benzene rings is 1. The lowest BCUT2D eigenvalue weighted by Crippen LogP contribution is -2.28. The highest BCUT2D eigenvalue weighted by Gasteiger charge is 2.39. The van der Waals surface area contributed by atoms with Crippen LogP contribution in [0.3, 0.4) is 0 Å². The summed E-state index contributed by atoms with van der Waals surface area (Å²) in [6, 6.07) is 1.94. The van der Waals surface area contributed by atoms with E-state index in [0.717, 1.165) is 6.07 Å². The van der Waals surface area contributed by atoms with Crippen molar-refractivity contribution in [3.05, 3.63) is 27.3 Å². The minimum absolute atomic E-state index is 0.301. The summed E-state index contributed by atoms with van der Waals surface area (Å²) < 4.78 is 37.0. The van der Waals surface area contributed by atoms with Gasteiger partial charge in [0, 0.05) is 5.56 Å². The van der Waals surface area contributed by atoms with Crippen molar-refractivity contribution in [1.29, 1.82) is 0 Å². The molecular weight excluding hydrogens is 310 g/mol. The lowest BCUT2D eigenvalue weighted by Gasteiger charge is -2.17. The molecule has 1 aromatic rings. The van der Waals surface area contributed by atoms with Gasteiger partial charge in [-0.2, -0.15) is 13.2 Å². The third kappa shape index (κ3) is 2.30. The van der Waals surface area contributed by atoms with Crippen LogP contribution in [0.5, 0.6) is 5.75 Å². The van der Waals surface area contributed by atoms with Gasteiger partial charge in [-0.1, -0.05) is 12.1 Å². The van der Waals surface area contributed by atoms with Crippen molar-refractivity contribution in [2.75, 3.05) is 0 Å². The molecule has 0 spiro atoms. The number of para-hydroxylation sites is 1. The maximum Gasteiger partial charge on any atom is 0.407 e. The molecule has 0 amide bonds. The molecule has 3 N–H and O–H groups in total. The summed E-state index contributed by atoms with van der Waals surface area (Å²) in [5.74, 6) is -0.405. The van der Waals surface area contributed by atoms with Crippen LogP contribution in [0.2, 0.25) is 0 Å². The molecule has 14 heavy (non-hydrogen) atoms. The van der Waals surface area contributed by atoms with E-state index in [4.69, 9.17) is 5.73 Å². The highest BCUT2D eigenvalue weighted by Crippen LogP contribution is 2.36. The summed E-state index contributed by atoms with van der Waals surface area (Å²) in [7, 11) is 0. The smallest absolute Gasteiger partial charge is 0.407 e. The highest BCUT2D eigenvalue weighted by atomic mass is 127. The van der Waals surface area contributed by atoms with E-state index >= 15 is 0 Å². The molecule has 78 valence electrons. The van der Waals surface area contributed by atoms with E-state index in [2.05, 4.69) is 0 Å². The minimum atomic E-state index is -4.54. The van der Waals surface area contributed by atoms with Gasteiger partial charge in [0.25, 0.3) is 0 Å². The molecule has 0 aliphatic rings. The Bertz CT molecular complexity index is 340. The summed E-state index contributed by atoms with van der Waals surface area (Å²) >= 11 is 1.74. The minimum Gasteiger partial charge on any atom is -0.506 e. The van der Waals surface area contributed by atoms with E-state index in [1.165, 1.54) is 12.1 Å². The summed E-state index contributed by atoms with van der Waals surface area (Å²) in [5.41, 5.74) is 4.65. The summed E-state index contributed by atoms with van der Waals surface area (Å²) in [4.78, 5) is 0. The largest absolute Gasteiger partial charge is 0.506 e. The molecule has 1 aromatic carbocycles. The standard InChI is InChI=1S/C8H7F3INO/c9-8(10,11)7(13)4-2-1-3-5(12)6(4)14/h1-3,7,14H,13H2/t7-/m0/s1. The van der Waals surface area contributed by atoms with Crippen LogP contribution in [-0.2, 0) is 0 Å². The monoisotopic (exact) mass is 317 g/mol. The van der Waals surface area contributed by atoms with Crippen LogP contribution in [0.4, 0.5) is 13.2 Å². The Morgan fingerprint density at radius 2 is 1.93 bits per heavy atom.